The fourth-order valence-electron chi connectivity index (χ4n) is 2.15. The maximum absolute atomic E-state index is 10.8. The van der Waals surface area contributed by atoms with Crippen LogP contribution in [0.4, 0.5) is 5.13 Å². The Morgan fingerprint density at radius 3 is 3.19 bits per heavy atom. The highest BCUT2D eigenvalue weighted by molar-refractivity contribution is 7.15. The summed E-state index contributed by atoms with van der Waals surface area (Å²) in [6.45, 7) is 2.79. The van der Waals surface area contributed by atoms with Gasteiger partial charge in [-0.1, -0.05) is 6.92 Å². The zero-order valence-electron chi connectivity index (χ0n) is 9.35. The predicted octanol–water partition coefficient (Wildman–Crippen LogP) is 1.98. The van der Waals surface area contributed by atoms with Gasteiger partial charge in [0, 0.05) is 17.8 Å². The lowest BCUT2D eigenvalue weighted by Gasteiger charge is -2.28. The SMILES string of the molecule is CCCN(N=O)C1CCc2nc(N)sc2C1. The quantitative estimate of drug-likeness (QED) is 0.645. The Balaban J connectivity index is 2.08. The van der Waals surface area contributed by atoms with Crippen molar-refractivity contribution in [1.82, 2.24) is 9.99 Å². The Kier molecular flexibility index (Phi) is 3.38. The molecule has 1 aromatic rings. The lowest BCUT2D eigenvalue weighted by molar-refractivity contribution is 0.185. The van der Waals surface area contributed by atoms with Gasteiger partial charge in [-0.05, 0) is 19.3 Å². The summed E-state index contributed by atoms with van der Waals surface area (Å²) in [5.74, 6) is 0. The molecular formula is C10H16N4OS. The van der Waals surface area contributed by atoms with E-state index in [1.807, 2.05) is 0 Å². The summed E-state index contributed by atoms with van der Waals surface area (Å²) >= 11 is 1.54. The third-order valence-electron chi connectivity index (χ3n) is 2.91. The van der Waals surface area contributed by atoms with E-state index in [-0.39, 0.29) is 6.04 Å². The van der Waals surface area contributed by atoms with E-state index < -0.39 is 0 Å². The van der Waals surface area contributed by atoms with E-state index >= 15 is 0 Å². The molecule has 5 nitrogen and oxygen atoms in total. The van der Waals surface area contributed by atoms with Gasteiger partial charge in [0.1, 0.15) is 0 Å². The lowest BCUT2D eigenvalue weighted by atomic mass is 9.97. The molecule has 0 saturated heterocycles. The second kappa shape index (κ2) is 4.78. The average molecular weight is 240 g/mol. The first-order chi connectivity index (χ1) is 7.74. The van der Waals surface area contributed by atoms with Crippen LogP contribution in [0.25, 0.3) is 0 Å². The van der Waals surface area contributed by atoms with E-state index in [0.717, 1.165) is 37.9 Å². The monoisotopic (exact) mass is 240 g/mol. The predicted molar refractivity (Wildman–Crippen MR) is 65.1 cm³/mol. The van der Waals surface area contributed by atoms with Crippen molar-refractivity contribution >= 4 is 16.5 Å². The number of thiazole rings is 1. The molecule has 2 rings (SSSR count). The smallest absolute Gasteiger partial charge is 0.180 e. The van der Waals surface area contributed by atoms with Crippen LogP contribution in [0, 0.1) is 4.91 Å². The summed E-state index contributed by atoms with van der Waals surface area (Å²) in [6.07, 6.45) is 3.65. The summed E-state index contributed by atoms with van der Waals surface area (Å²) in [4.78, 5) is 16.3. The number of nitrogens with zero attached hydrogens (tertiary/aromatic N) is 3. The Morgan fingerprint density at radius 2 is 2.50 bits per heavy atom. The number of nitrogen functional groups attached to an aromatic ring is 1. The van der Waals surface area contributed by atoms with Gasteiger partial charge in [-0.15, -0.1) is 16.2 Å². The highest BCUT2D eigenvalue weighted by Crippen LogP contribution is 2.30. The summed E-state index contributed by atoms with van der Waals surface area (Å²) in [5, 5.41) is 5.41. The van der Waals surface area contributed by atoms with Crippen LogP contribution in [0.5, 0.6) is 0 Å². The molecule has 0 aliphatic heterocycles. The number of fused-ring (bicyclic) bond motifs is 1. The molecule has 0 aromatic carbocycles. The normalized spacial score (nSPS) is 19.2. The molecule has 0 spiro atoms. The molecule has 0 fully saturated rings. The molecule has 1 atom stereocenters. The van der Waals surface area contributed by atoms with E-state index in [1.165, 1.54) is 16.2 Å². The van der Waals surface area contributed by atoms with Crippen molar-refractivity contribution in [3.63, 3.8) is 0 Å². The van der Waals surface area contributed by atoms with Crippen LogP contribution in [0.3, 0.4) is 0 Å². The molecule has 0 radical (unpaired) electrons. The molecule has 16 heavy (non-hydrogen) atoms. The molecular weight excluding hydrogens is 224 g/mol. The molecule has 88 valence electrons. The Hall–Kier alpha value is -1.17. The van der Waals surface area contributed by atoms with Gasteiger partial charge in [0.15, 0.2) is 5.13 Å². The molecule has 0 amide bonds. The number of aromatic nitrogens is 1. The van der Waals surface area contributed by atoms with Gasteiger partial charge in [-0.25, -0.2) is 4.98 Å². The first-order valence-corrected chi connectivity index (χ1v) is 6.40. The molecule has 0 bridgehead atoms. The Labute approximate surface area is 98.6 Å². The van der Waals surface area contributed by atoms with Crippen molar-refractivity contribution in [1.29, 1.82) is 0 Å². The van der Waals surface area contributed by atoms with Gasteiger partial charge in [-0.3, -0.25) is 5.01 Å². The average Bonchev–Trinajstić information content (AvgIpc) is 2.64. The van der Waals surface area contributed by atoms with Crippen LogP contribution >= 0.6 is 11.3 Å². The van der Waals surface area contributed by atoms with Crippen molar-refractivity contribution in [3.8, 4) is 0 Å². The second-order valence-corrected chi connectivity index (χ2v) is 5.18. The minimum atomic E-state index is 0.227. The van der Waals surface area contributed by atoms with Crippen molar-refractivity contribution in [2.24, 2.45) is 5.29 Å². The molecule has 1 unspecified atom stereocenters. The van der Waals surface area contributed by atoms with Gasteiger partial charge < -0.3 is 5.73 Å². The largest absolute Gasteiger partial charge is 0.375 e. The van der Waals surface area contributed by atoms with E-state index in [1.54, 1.807) is 5.01 Å². The van der Waals surface area contributed by atoms with Gasteiger partial charge in [0.2, 0.25) is 0 Å². The Morgan fingerprint density at radius 1 is 1.69 bits per heavy atom. The number of nitroso groups, excluding NO2 is 1. The second-order valence-electron chi connectivity index (χ2n) is 4.06. The summed E-state index contributed by atoms with van der Waals surface area (Å²) in [7, 11) is 0. The molecule has 1 aliphatic rings. The minimum absolute atomic E-state index is 0.227. The highest BCUT2D eigenvalue weighted by Gasteiger charge is 2.26. The first kappa shape index (κ1) is 11.3. The van der Waals surface area contributed by atoms with Crippen LogP contribution in [0.2, 0.25) is 0 Å². The molecule has 6 heteroatoms. The van der Waals surface area contributed by atoms with Crippen LogP contribution in [-0.2, 0) is 12.8 Å². The van der Waals surface area contributed by atoms with E-state index in [4.69, 9.17) is 5.73 Å². The molecule has 2 N–H and O–H groups in total. The third-order valence-corrected chi connectivity index (χ3v) is 3.86. The lowest BCUT2D eigenvalue weighted by Crippen LogP contribution is -2.35. The summed E-state index contributed by atoms with van der Waals surface area (Å²) < 4.78 is 0. The number of nitrogens with two attached hydrogens (primary N) is 1. The highest BCUT2D eigenvalue weighted by atomic mass is 32.1. The fourth-order valence-corrected chi connectivity index (χ4v) is 3.10. The van der Waals surface area contributed by atoms with Crippen LogP contribution < -0.4 is 5.73 Å². The Bertz CT molecular complexity index is 379. The van der Waals surface area contributed by atoms with E-state index in [0.29, 0.717) is 5.13 Å². The summed E-state index contributed by atoms with van der Waals surface area (Å²) in [6, 6.07) is 0.227. The fraction of sp³-hybridized carbons (Fsp3) is 0.700. The van der Waals surface area contributed by atoms with Crippen LogP contribution in [0.15, 0.2) is 5.29 Å². The van der Waals surface area contributed by atoms with Crippen LogP contribution in [-0.4, -0.2) is 22.6 Å². The maximum atomic E-state index is 10.8. The number of aryl methyl sites for hydroxylation is 1. The van der Waals surface area contributed by atoms with Crippen molar-refractivity contribution in [2.75, 3.05) is 12.3 Å². The zero-order valence-corrected chi connectivity index (χ0v) is 10.2. The number of rotatable bonds is 4. The number of hydrogen-bond acceptors (Lipinski definition) is 5. The van der Waals surface area contributed by atoms with Crippen molar-refractivity contribution in [2.45, 2.75) is 38.6 Å². The summed E-state index contributed by atoms with van der Waals surface area (Å²) in [5.41, 5.74) is 6.79. The molecule has 1 heterocycles. The van der Waals surface area contributed by atoms with Gasteiger partial charge in [0.25, 0.3) is 0 Å². The molecule has 1 aliphatic carbocycles. The van der Waals surface area contributed by atoms with E-state index in [9.17, 15) is 4.91 Å². The van der Waals surface area contributed by atoms with Gasteiger partial charge in [-0.2, -0.15) is 0 Å². The van der Waals surface area contributed by atoms with Crippen molar-refractivity contribution < 1.29 is 0 Å². The van der Waals surface area contributed by atoms with Crippen LogP contribution in [0.1, 0.15) is 30.3 Å². The van der Waals surface area contributed by atoms with Crippen molar-refractivity contribution in [3.05, 3.63) is 15.5 Å². The molecule has 1 aromatic heterocycles. The van der Waals surface area contributed by atoms with E-state index in [2.05, 4.69) is 17.2 Å². The topological polar surface area (TPSA) is 71.6 Å². The van der Waals surface area contributed by atoms with Gasteiger partial charge >= 0.3 is 0 Å². The minimum Gasteiger partial charge on any atom is -0.375 e. The maximum Gasteiger partial charge on any atom is 0.180 e. The standard InChI is InChI=1S/C10H16N4OS/c1-2-5-14(13-15)7-3-4-8-9(6-7)16-10(11)12-8/h7H,2-6H2,1H3,(H2,11,12). The first-order valence-electron chi connectivity index (χ1n) is 5.58. The zero-order chi connectivity index (χ0) is 11.5. The number of hydrogen-bond donors (Lipinski definition) is 1. The third kappa shape index (κ3) is 2.16. The van der Waals surface area contributed by atoms with Gasteiger partial charge in [0.05, 0.1) is 17.0 Å². The molecule has 0 saturated carbocycles. The number of anilines is 1.